The molecule has 1 aliphatic rings. The average Bonchev–Trinajstić information content (AvgIpc) is 2.44. The van der Waals surface area contributed by atoms with Crippen LogP contribution in [0.4, 0.5) is 0 Å². The molecular formula is C16H33NO2. The molecule has 3 nitrogen and oxygen atoms in total. The molecule has 0 aliphatic carbocycles. The first-order valence-corrected chi connectivity index (χ1v) is 8.20. The van der Waals surface area contributed by atoms with Crippen molar-refractivity contribution in [3.05, 3.63) is 0 Å². The summed E-state index contributed by atoms with van der Waals surface area (Å²) >= 11 is 0. The minimum absolute atomic E-state index is 0.342. The van der Waals surface area contributed by atoms with Gasteiger partial charge in [-0.1, -0.05) is 58.3 Å². The summed E-state index contributed by atoms with van der Waals surface area (Å²) in [5.74, 6) is -0.661. The van der Waals surface area contributed by atoms with Gasteiger partial charge in [-0.2, -0.15) is 0 Å². The highest BCUT2D eigenvalue weighted by molar-refractivity contribution is 5.66. The van der Waals surface area contributed by atoms with Crippen molar-refractivity contribution in [2.45, 2.75) is 84.0 Å². The fourth-order valence-corrected chi connectivity index (χ4v) is 2.21. The van der Waals surface area contributed by atoms with Gasteiger partial charge in [-0.25, -0.2) is 0 Å². The Morgan fingerprint density at radius 1 is 0.895 bits per heavy atom. The number of hydrogen-bond donors (Lipinski definition) is 2. The number of hydrogen-bond acceptors (Lipinski definition) is 2. The predicted molar refractivity (Wildman–Crippen MR) is 81.6 cm³/mol. The number of aliphatic carboxylic acids is 1. The van der Waals surface area contributed by atoms with Crippen molar-refractivity contribution in [2.75, 3.05) is 13.1 Å². The zero-order valence-electron chi connectivity index (χ0n) is 12.8. The van der Waals surface area contributed by atoms with Crippen LogP contribution in [0.1, 0.15) is 84.0 Å². The van der Waals surface area contributed by atoms with Crippen LogP contribution < -0.4 is 5.32 Å². The van der Waals surface area contributed by atoms with Crippen LogP contribution in [0.25, 0.3) is 0 Å². The molecule has 0 amide bonds. The highest BCUT2D eigenvalue weighted by Gasteiger charge is 1.96. The number of rotatable bonds is 9. The zero-order valence-corrected chi connectivity index (χ0v) is 12.8. The summed E-state index contributed by atoms with van der Waals surface area (Å²) in [6.45, 7) is 4.72. The molecular weight excluding hydrogens is 238 g/mol. The molecule has 0 aromatic rings. The van der Waals surface area contributed by atoms with E-state index in [1.54, 1.807) is 0 Å². The SMILES string of the molecule is C1CCNCC1.CCCCCCCCCCC(=O)O. The van der Waals surface area contributed by atoms with E-state index in [-0.39, 0.29) is 0 Å². The number of carboxylic acid groups (broad SMARTS) is 1. The Balaban J connectivity index is 0.000000443. The van der Waals surface area contributed by atoms with Gasteiger partial charge >= 0.3 is 5.97 Å². The number of piperidine rings is 1. The second-order valence-electron chi connectivity index (χ2n) is 5.43. The van der Waals surface area contributed by atoms with E-state index in [0.717, 1.165) is 12.8 Å². The van der Waals surface area contributed by atoms with Crippen LogP contribution >= 0.6 is 0 Å². The van der Waals surface area contributed by atoms with E-state index in [9.17, 15) is 4.79 Å². The summed E-state index contributed by atoms with van der Waals surface area (Å²) < 4.78 is 0. The quantitative estimate of drug-likeness (QED) is 0.612. The molecule has 2 N–H and O–H groups in total. The van der Waals surface area contributed by atoms with Crippen molar-refractivity contribution in [1.82, 2.24) is 5.32 Å². The van der Waals surface area contributed by atoms with E-state index in [1.807, 2.05) is 0 Å². The monoisotopic (exact) mass is 271 g/mol. The molecule has 3 heteroatoms. The topological polar surface area (TPSA) is 49.3 Å². The number of carbonyl (C=O) groups is 1. The third kappa shape index (κ3) is 17.4. The molecule has 0 saturated carbocycles. The second-order valence-corrected chi connectivity index (χ2v) is 5.43. The summed E-state index contributed by atoms with van der Waals surface area (Å²) in [7, 11) is 0. The molecule has 1 rings (SSSR count). The van der Waals surface area contributed by atoms with E-state index in [2.05, 4.69) is 12.2 Å². The first-order chi connectivity index (χ1) is 9.27. The highest BCUT2D eigenvalue weighted by atomic mass is 16.4. The summed E-state index contributed by atoms with van der Waals surface area (Å²) in [6, 6.07) is 0. The molecule has 0 radical (unpaired) electrons. The predicted octanol–water partition coefficient (Wildman–Crippen LogP) is 4.36. The molecule has 114 valence electrons. The van der Waals surface area contributed by atoms with Crippen LogP contribution in [-0.4, -0.2) is 24.2 Å². The standard InChI is InChI=1S/C11H22O2.C5H11N/c1-2-3-4-5-6-7-8-9-10-11(12)13;1-2-4-6-5-3-1/h2-10H2,1H3,(H,12,13);6H,1-5H2. The first-order valence-electron chi connectivity index (χ1n) is 8.20. The lowest BCUT2D eigenvalue weighted by atomic mass is 10.1. The van der Waals surface area contributed by atoms with E-state index in [1.165, 1.54) is 70.9 Å². The second kappa shape index (κ2) is 15.5. The van der Waals surface area contributed by atoms with Gasteiger partial charge in [0.2, 0.25) is 0 Å². The third-order valence-corrected chi connectivity index (χ3v) is 3.45. The maximum Gasteiger partial charge on any atom is 0.303 e. The van der Waals surface area contributed by atoms with Gasteiger partial charge in [0.05, 0.1) is 0 Å². The Kier molecular flexibility index (Phi) is 15.0. The third-order valence-electron chi connectivity index (χ3n) is 3.45. The molecule has 19 heavy (non-hydrogen) atoms. The fraction of sp³-hybridized carbons (Fsp3) is 0.938. The van der Waals surface area contributed by atoms with Crippen LogP contribution in [0.2, 0.25) is 0 Å². The fourth-order valence-electron chi connectivity index (χ4n) is 2.21. The molecule has 0 unspecified atom stereocenters. The Hall–Kier alpha value is -0.570. The van der Waals surface area contributed by atoms with Crippen LogP contribution in [0.15, 0.2) is 0 Å². The first kappa shape index (κ1) is 18.4. The van der Waals surface area contributed by atoms with E-state index in [0.29, 0.717) is 6.42 Å². The average molecular weight is 271 g/mol. The number of nitrogens with one attached hydrogen (secondary N) is 1. The van der Waals surface area contributed by atoms with Crippen molar-refractivity contribution in [1.29, 1.82) is 0 Å². The van der Waals surface area contributed by atoms with Crippen LogP contribution in [0, 0.1) is 0 Å². The van der Waals surface area contributed by atoms with E-state index >= 15 is 0 Å². The smallest absolute Gasteiger partial charge is 0.303 e. The van der Waals surface area contributed by atoms with Gasteiger partial charge in [-0.15, -0.1) is 0 Å². The summed E-state index contributed by atoms with van der Waals surface area (Å²) in [5, 5.41) is 11.7. The van der Waals surface area contributed by atoms with Crippen molar-refractivity contribution in [2.24, 2.45) is 0 Å². The molecule has 0 spiro atoms. The molecule has 0 bridgehead atoms. The van der Waals surface area contributed by atoms with Crippen molar-refractivity contribution >= 4 is 5.97 Å². The summed E-state index contributed by atoms with van der Waals surface area (Å²) in [5.41, 5.74) is 0. The molecule has 1 aliphatic heterocycles. The molecule has 1 fully saturated rings. The van der Waals surface area contributed by atoms with Gasteiger partial charge < -0.3 is 10.4 Å². The number of carboxylic acids is 1. The number of unbranched alkanes of at least 4 members (excludes halogenated alkanes) is 7. The molecule has 1 saturated heterocycles. The Morgan fingerprint density at radius 2 is 1.42 bits per heavy atom. The Morgan fingerprint density at radius 3 is 1.79 bits per heavy atom. The molecule has 0 atom stereocenters. The molecule has 0 aromatic heterocycles. The van der Waals surface area contributed by atoms with Gasteiger partial charge in [0.25, 0.3) is 0 Å². The Labute approximate surface area is 119 Å². The summed E-state index contributed by atoms with van der Waals surface area (Å²) in [6.07, 6.45) is 14.3. The van der Waals surface area contributed by atoms with Gasteiger partial charge in [-0.3, -0.25) is 4.79 Å². The van der Waals surface area contributed by atoms with Gasteiger partial charge in [-0.05, 0) is 32.4 Å². The van der Waals surface area contributed by atoms with Crippen molar-refractivity contribution in [3.63, 3.8) is 0 Å². The lowest BCUT2D eigenvalue weighted by Gasteiger charge is -2.08. The van der Waals surface area contributed by atoms with E-state index in [4.69, 9.17) is 5.11 Å². The van der Waals surface area contributed by atoms with Crippen molar-refractivity contribution in [3.8, 4) is 0 Å². The lowest BCUT2D eigenvalue weighted by Crippen LogP contribution is -2.21. The van der Waals surface area contributed by atoms with Crippen LogP contribution in [0.3, 0.4) is 0 Å². The maximum atomic E-state index is 10.2. The molecule has 0 aromatic carbocycles. The van der Waals surface area contributed by atoms with Crippen LogP contribution in [0.5, 0.6) is 0 Å². The largest absolute Gasteiger partial charge is 0.481 e. The van der Waals surface area contributed by atoms with E-state index < -0.39 is 5.97 Å². The van der Waals surface area contributed by atoms with Gasteiger partial charge in [0.15, 0.2) is 0 Å². The summed E-state index contributed by atoms with van der Waals surface area (Å²) in [4.78, 5) is 10.2. The lowest BCUT2D eigenvalue weighted by molar-refractivity contribution is -0.137. The minimum Gasteiger partial charge on any atom is -0.481 e. The highest BCUT2D eigenvalue weighted by Crippen LogP contribution is 2.09. The Bertz CT molecular complexity index is 180. The zero-order chi connectivity index (χ0) is 14.2. The van der Waals surface area contributed by atoms with Crippen LogP contribution in [-0.2, 0) is 4.79 Å². The van der Waals surface area contributed by atoms with Gasteiger partial charge in [0, 0.05) is 6.42 Å². The normalized spacial score (nSPS) is 14.6. The molecule has 1 heterocycles. The maximum absolute atomic E-state index is 10.2. The van der Waals surface area contributed by atoms with Crippen molar-refractivity contribution < 1.29 is 9.90 Å². The van der Waals surface area contributed by atoms with Gasteiger partial charge in [0.1, 0.15) is 0 Å². The minimum atomic E-state index is -0.661.